The van der Waals surface area contributed by atoms with Gasteiger partial charge in [-0.3, -0.25) is 0 Å². The van der Waals surface area contributed by atoms with Crippen LogP contribution in [0.25, 0.3) is 0 Å². The van der Waals surface area contributed by atoms with E-state index in [-0.39, 0.29) is 0 Å². The Balaban J connectivity index is 0.000000283. The molecule has 0 aromatic heterocycles. The highest BCUT2D eigenvalue weighted by Crippen LogP contribution is 2.32. The van der Waals surface area contributed by atoms with E-state index >= 15 is 0 Å². The van der Waals surface area contributed by atoms with Crippen LogP contribution in [0.3, 0.4) is 0 Å². The molecule has 186 valence electrons. The highest BCUT2D eigenvalue weighted by Gasteiger charge is 2.29. The number of hydrogen-bond donors (Lipinski definition) is 2. The van der Waals surface area contributed by atoms with Crippen molar-refractivity contribution in [3.8, 4) is 23.0 Å². The Morgan fingerprint density at radius 2 is 1.26 bits per heavy atom. The Hall–Kier alpha value is -2.84. The lowest BCUT2D eigenvalue weighted by Gasteiger charge is -2.21. The Labute approximate surface area is 221 Å². The molecule has 0 aliphatic rings. The van der Waals surface area contributed by atoms with Crippen molar-refractivity contribution < 1.29 is 34.0 Å². The third-order valence-corrected chi connectivity index (χ3v) is 5.14. The number of ether oxygens (including phenoxy) is 3. The molecule has 0 spiro atoms. The first kappa shape index (κ1) is 28.4. The van der Waals surface area contributed by atoms with Crippen molar-refractivity contribution in [2.45, 2.75) is 19.4 Å². The van der Waals surface area contributed by atoms with Gasteiger partial charge in [-0.15, -0.1) is 0 Å². The monoisotopic (exact) mass is 560 g/mol. The van der Waals surface area contributed by atoms with Crippen LogP contribution in [0, 0.1) is 0 Å². The van der Waals surface area contributed by atoms with Crippen LogP contribution in [0.2, 0.25) is 20.1 Å². The molecule has 0 amide bonds. The molecule has 0 atom stereocenters. The minimum Gasteiger partial charge on any atom is -0.480 e. The molecular weight excluding hydrogens is 542 g/mol. The Morgan fingerprint density at radius 1 is 0.771 bits per heavy atom. The zero-order valence-corrected chi connectivity index (χ0v) is 21.5. The molecule has 2 N–H and O–H groups in total. The van der Waals surface area contributed by atoms with E-state index < -0.39 is 24.1 Å². The van der Waals surface area contributed by atoms with Gasteiger partial charge in [-0.25, -0.2) is 9.59 Å². The highest BCUT2D eigenvalue weighted by atomic mass is 35.5. The molecule has 0 aliphatic carbocycles. The molecule has 0 fully saturated rings. The van der Waals surface area contributed by atoms with Crippen molar-refractivity contribution in [1.29, 1.82) is 0 Å². The second-order valence-corrected chi connectivity index (χ2v) is 9.01. The number of carboxylic acids is 2. The van der Waals surface area contributed by atoms with Crippen LogP contribution >= 0.6 is 46.4 Å². The van der Waals surface area contributed by atoms with Crippen molar-refractivity contribution in [2.75, 3.05) is 6.61 Å². The summed E-state index contributed by atoms with van der Waals surface area (Å²) < 4.78 is 15.9. The summed E-state index contributed by atoms with van der Waals surface area (Å²) in [7, 11) is 0. The summed E-state index contributed by atoms with van der Waals surface area (Å²) in [6.07, 6.45) is 0. The normalized spacial score (nSPS) is 10.6. The molecule has 0 radical (unpaired) electrons. The van der Waals surface area contributed by atoms with Gasteiger partial charge < -0.3 is 24.4 Å². The fourth-order valence-electron chi connectivity index (χ4n) is 2.33. The predicted octanol–water partition coefficient (Wildman–Crippen LogP) is 7.48. The number of carboxylic acid groups (broad SMARTS) is 2. The van der Waals surface area contributed by atoms with E-state index in [1.165, 1.54) is 26.0 Å². The van der Waals surface area contributed by atoms with Crippen LogP contribution in [0.1, 0.15) is 13.8 Å². The van der Waals surface area contributed by atoms with Crippen LogP contribution in [-0.4, -0.2) is 34.4 Å². The smallest absolute Gasteiger partial charge is 0.347 e. The van der Waals surface area contributed by atoms with Gasteiger partial charge in [0.05, 0.1) is 10.0 Å². The molecule has 0 bridgehead atoms. The summed E-state index contributed by atoms with van der Waals surface area (Å²) in [6.45, 7) is 2.54. The van der Waals surface area contributed by atoms with Crippen LogP contribution < -0.4 is 14.2 Å². The summed E-state index contributed by atoms with van der Waals surface area (Å²) in [4.78, 5) is 21.2. The predicted molar refractivity (Wildman–Crippen MR) is 135 cm³/mol. The molecule has 0 saturated carbocycles. The number of carbonyl (C=O) groups is 2. The first-order chi connectivity index (χ1) is 16.4. The molecule has 3 aromatic rings. The van der Waals surface area contributed by atoms with E-state index in [0.29, 0.717) is 43.1 Å². The molecule has 7 nitrogen and oxygen atoms in total. The lowest BCUT2D eigenvalue weighted by molar-refractivity contribution is -0.152. The number of rotatable bonds is 8. The van der Waals surface area contributed by atoms with Crippen LogP contribution in [-0.2, 0) is 9.59 Å². The van der Waals surface area contributed by atoms with E-state index in [9.17, 15) is 9.59 Å². The average Bonchev–Trinajstić information content (AvgIpc) is 2.76. The summed E-state index contributed by atoms with van der Waals surface area (Å²) >= 11 is 23.2. The summed E-state index contributed by atoms with van der Waals surface area (Å²) in [5.74, 6) is -0.322. The summed E-state index contributed by atoms with van der Waals surface area (Å²) in [5, 5.41) is 19.1. The van der Waals surface area contributed by atoms with Gasteiger partial charge in [-0.05, 0) is 74.5 Å². The maximum atomic E-state index is 11.0. The van der Waals surface area contributed by atoms with Crippen LogP contribution in [0.4, 0.5) is 0 Å². The first-order valence-electron chi connectivity index (χ1n) is 9.82. The Kier molecular flexibility index (Phi) is 10.3. The molecular formula is C24H20Cl4O7. The SMILES string of the molecule is CC(C)(Oc1ccc(Oc2ccc(Cl)cc2Cl)cc1)C(=O)O.O=C(O)COc1ccc(Cl)cc1Cl. The molecule has 0 heterocycles. The molecule has 0 saturated heterocycles. The van der Waals surface area contributed by atoms with Gasteiger partial charge in [0.1, 0.15) is 23.0 Å². The third kappa shape index (κ3) is 9.38. The molecule has 0 unspecified atom stereocenters. The highest BCUT2D eigenvalue weighted by molar-refractivity contribution is 6.36. The average molecular weight is 562 g/mol. The number of hydrogen-bond acceptors (Lipinski definition) is 5. The Bertz CT molecular complexity index is 1180. The quantitative estimate of drug-likeness (QED) is 0.294. The minimum atomic E-state index is -1.30. The number of halogens is 4. The molecule has 0 aliphatic heterocycles. The zero-order chi connectivity index (χ0) is 26.2. The number of aliphatic carboxylic acids is 2. The minimum absolute atomic E-state index is 0.300. The standard InChI is InChI=1S/C16H14Cl2O4.C8H6Cl2O3/c1-16(2,15(19)20)22-12-6-4-11(5-7-12)21-14-8-3-10(17)9-13(14)18;9-5-1-2-7(6(10)3-5)13-4-8(11)12/h3-9H,1-2H3,(H,19,20);1-3H,4H2,(H,11,12). The molecule has 3 rings (SSSR count). The van der Waals surface area contributed by atoms with E-state index in [0.717, 1.165) is 0 Å². The molecule has 3 aromatic carbocycles. The van der Waals surface area contributed by atoms with Gasteiger partial charge in [0, 0.05) is 10.0 Å². The van der Waals surface area contributed by atoms with E-state index in [2.05, 4.69) is 0 Å². The van der Waals surface area contributed by atoms with E-state index in [4.69, 9.17) is 70.8 Å². The lowest BCUT2D eigenvalue weighted by Crippen LogP contribution is -2.37. The van der Waals surface area contributed by atoms with Gasteiger partial charge in [0.25, 0.3) is 0 Å². The van der Waals surface area contributed by atoms with Gasteiger partial charge in [0.2, 0.25) is 0 Å². The fraction of sp³-hybridized carbons (Fsp3) is 0.167. The topological polar surface area (TPSA) is 102 Å². The van der Waals surface area contributed by atoms with Crippen molar-refractivity contribution in [3.63, 3.8) is 0 Å². The van der Waals surface area contributed by atoms with Gasteiger partial charge >= 0.3 is 11.9 Å². The van der Waals surface area contributed by atoms with Gasteiger partial charge in [-0.2, -0.15) is 0 Å². The van der Waals surface area contributed by atoms with Crippen LogP contribution in [0.15, 0.2) is 60.7 Å². The van der Waals surface area contributed by atoms with Crippen molar-refractivity contribution in [3.05, 3.63) is 80.8 Å². The van der Waals surface area contributed by atoms with Crippen molar-refractivity contribution >= 4 is 58.3 Å². The second kappa shape index (κ2) is 12.7. The second-order valence-electron chi connectivity index (χ2n) is 7.32. The van der Waals surface area contributed by atoms with Crippen molar-refractivity contribution in [2.24, 2.45) is 0 Å². The maximum Gasteiger partial charge on any atom is 0.347 e. The maximum absolute atomic E-state index is 11.0. The molecule has 11 heteroatoms. The van der Waals surface area contributed by atoms with Gasteiger partial charge in [0.15, 0.2) is 12.2 Å². The van der Waals surface area contributed by atoms with E-state index in [1.54, 1.807) is 48.5 Å². The first-order valence-corrected chi connectivity index (χ1v) is 11.3. The fourth-order valence-corrected chi connectivity index (χ4v) is 3.24. The van der Waals surface area contributed by atoms with Crippen molar-refractivity contribution in [1.82, 2.24) is 0 Å². The van der Waals surface area contributed by atoms with Crippen LogP contribution in [0.5, 0.6) is 23.0 Å². The largest absolute Gasteiger partial charge is 0.480 e. The molecule has 35 heavy (non-hydrogen) atoms. The van der Waals surface area contributed by atoms with E-state index in [1.807, 2.05) is 0 Å². The Morgan fingerprint density at radius 3 is 1.71 bits per heavy atom. The summed E-state index contributed by atoms with van der Waals surface area (Å²) in [6, 6.07) is 16.1. The zero-order valence-electron chi connectivity index (χ0n) is 18.4. The lowest BCUT2D eigenvalue weighted by atomic mass is 10.1. The number of benzene rings is 3. The van der Waals surface area contributed by atoms with Gasteiger partial charge in [-0.1, -0.05) is 46.4 Å². The third-order valence-electron chi connectivity index (χ3n) is 4.08. The summed E-state index contributed by atoms with van der Waals surface area (Å²) in [5.41, 5.74) is -1.30.